The van der Waals surface area contributed by atoms with E-state index in [2.05, 4.69) is 180 Å². The van der Waals surface area contributed by atoms with Crippen LogP contribution in [-0.2, 0) is 21.7 Å². The number of rotatable bonds is 2. The summed E-state index contributed by atoms with van der Waals surface area (Å²) in [5.74, 6) is 13.8. The highest BCUT2D eigenvalue weighted by atomic mass is 19.1. The molecule has 6 aromatic rings. The van der Waals surface area contributed by atoms with Crippen LogP contribution < -0.4 is 0 Å². The Kier molecular flexibility index (Phi) is 10.5. The van der Waals surface area contributed by atoms with Gasteiger partial charge in [-0.2, -0.15) is 0 Å². The lowest BCUT2D eigenvalue weighted by molar-refractivity contribution is 0.567. The number of benzene rings is 6. The maximum atomic E-state index is 14.3. The van der Waals surface area contributed by atoms with E-state index in [0.29, 0.717) is 0 Å². The molecule has 0 unspecified atom stereocenters. The van der Waals surface area contributed by atoms with E-state index in [1.165, 1.54) is 46.5 Å². The topological polar surface area (TPSA) is 0 Å². The van der Waals surface area contributed by atoms with Crippen molar-refractivity contribution in [2.24, 2.45) is 0 Å². The van der Waals surface area contributed by atoms with E-state index in [1.807, 2.05) is 0 Å². The molecule has 0 radical (unpaired) electrons. The highest BCUT2D eigenvalue weighted by molar-refractivity contribution is 6.30. The van der Waals surface area contributed by atoms with Crippen LogP contribution in [-0.4, -0.2) is 0 Å². The second-order valence-corrected chi connectivity index (χ2v) is 21.1. The summed E-state index contributed by atoms with van der Waals surface area (Å²) in [6, 6.07) is 40.2. The summed E-state index contributed by atoms with van der Waals surface area (Å²) in [6.45, 7) is 27.3. The molecule has 62 heavy (non-hydrogen) atoms. The lowest BCUT2D eigenvalue weighted by Gasteiger charge is -2.27. The average Bonchev–Trinajstić information content (AvgIpc) is 3.69. The van der Waals surface area contributed by atoms with Crippen molar-refractivity contribution in [2.75, 3.05) is 0 Å². The smallest absolute Gasteiger partial charge is 0.123 e. The van der Waals surface area contributed by atoms with Crippen molar-refractivity contribution in [1.82, 2.24) is 0 Å². The van der Waals surface area contributed by atoms with Gasteiger partial charge in [0, 0.05) is 44.6 Å². The normalized spacial score (nSPS) is 14.2. The lowest BCUT2D eigenvalue weighted by atomic mass is 9.77. The van der Waals surface area contributed by atoms with Crippen LogP contribution in [0.25, 0.3) is 33.1 Å². The molecule has 2 heteroatoms. The van der Waals surface area contributed by atoms with Gasteiger partial charge >= 0.3 is 0 Å². The largest absolute Gasteiger partial charge is 0.207 e. The summed E-state index contributed by atoms with van der Waals surface area (Å²) < 4.78 is 28.5. The van der Waals surface area contributed by atoms with Crippen molar-refractivity contribution >= 4 is 33.1 Å². The molecule has 2 aliphatic carbocycles. The van der Waals surface area contributed by atoms with Crippen molar-refractivity contribution < 1.29 is 8.78 Å². The van der Waals surface area contributed by atoms with Crippen LogP contribution in [0.1, 0.15) is 139 Å². The third-order valence-corrected chi connectivity index (χ3v) is 12.2. The molecule has 0 bridgehead atoms. The minimum Gasteiger partial charge on any atom is -0.207 e. The Morgan fingerprint density at radius 3 is 1.11 bits per heavy atom. The SMILES string of the molecule is CC(C)(C)c1cc(C2=C(C#Cc3ccc(F)cc3)C(c3cc(C(C)(C)C)cc(C(C)(C)C)c3)=C3C2=C(C#Cc2ccc(F)cc2)c2cc4ccccc4cc23)cc(C(C)(C)C)c1. The zero-order chi connectivity index (χ0) is 44.5. The first-order valence-electron chi connectivity index (χ1n) is 21.7. The van der Waals surface area contributed by atoms with Crippen LogP contribution in [0.3, 0.4) is 0 Å². The van der Waals surface area contributed by atoms with Gasteiger partial charge in [-0.15, -0.1) is 0 Å². The monoisotopic (exact) mass is 814 g/mol. The van der Waals surface area contributed by atoms with E-state index in [0.717, 1.165) is 77.6 Å². The maximum absolute atomic E-state index is 14.3. The molecular formula is C60H56F2. The van der Waals surface area contributed by atoms with Crippen molar-refractivity contribution in [1.29, 1.82) is 0 Å². The third kappa shape index (κ3) is 8.25. The van der Waals surface area contributed by atoms with E-state index in [1.54, 1.807) is 24.3 Å². The number of hydrogen-bond acceptors (Lipinski definition) is 0. The Labute approximate surface area is 368 Å². The van der Waals surface area contributed by atoms with Gasteiger partial charge in [-0.1, -0.05) is 167 Å². The van der Waals surface area contributed by atoms with Crippen molar-refractivity contribution in [3.05, 3.63) is 200 Å². The number of halogens is 2. The summed E-state index contributed by atoms with van der Waals surface area (Å²) in [7, 11) is 0. The lowest BCUT2D eigenvalue weighted by Crippen LogP contribution is -2.17. The summed E-state index contributed by atoms with van der Waals surface area (Å²) >= 11 is 0. The van der Waals surface area contributed by atoms with Gasteiger partial charge in [0.2, 0.25) is 0 Å². The van der Waals surface area contributed by atoms with Gasteiger partial charge < -0.3 is 0 Å². The van der Waals surface area contributed by atoms with Crippen molar-refractivity contribution in [2.45, 2.75) is 105 Å². The fraction of sp³-hybridized carbons (Fsp3) is 0.267. The van der Waals surface area contributed by atoms with E-state index in [4.69, 9.17) is 0 Å². The van der Waals surface area contributed by atoms with Gasteiger partial charge in [0.15, 0.2) is 0 Å². The molecule has 0 fully saturated rings. The first-order chi connectivity index (χ1) is 29.1. The fourth-order valence-corrected chi connectivity index (χ4v) is 8.38. The molecule has 0 spiro atoms. The first-order valence-corrected chi connectivity index (χ1v) is 21.7. The third-order valence-electron chi connectivity index (χ3n) is 12.2. The Hall–Kier alpha value is -6.22. The van der Waals surface area contributed by atoms with Gasteiger partial charge in [-0.3, -0.25) is 0 Å². The van der Waals surface area contributed by atoms with Crippen molar-refractivity contribution in [3.63, 3.8) is 0 Å². The quantitative estimate of drug-likeness (QED) is 0.153. The Balaban J connectivity index is 1.61. The fourth-order valence-electron chi connectivity index (χ4n) is 8.38. The zero-order valence-corrected chi connectivity index (χ0v) is 38.3. The van der Waals surface area contributed by atoms with Gasteiger partial charge in [0.25, 0.3) is 0 Å². The second-order valence-electron chi connectivity index (χ2n) is 21.1. The molecule has 0 aromatic heterocycles. The number of hydrogen-bond donors (Lipinski definition) is 0. The second kappa shape index (κ2) is 15.3. The van der Waals surface area contributed by atoms with Crippen LogP contribution in [0.15, 0.2) is 132 Å². The standard InChI is InChI=1S/C60H56F2/c1-57(2,3)43-29-41(30-44(35-43)58(4,5)6)53-50(28-22-38-19-25-48(62)26-20-38)54(42-31-45(59(7,8)9)36-46(32-42)60(10,11)12)56-52-34-40-16-14-13-15-39(40)33-51(52)49(55(53)56)27-21-37-17-23-47(61)24-18-37/h13-20,23-26,29-36H,1-12H3. The maximum Gasteiger partial charge on any atom is 0.123 e. The minimum atomic E-state index is -0.297. The van der Waals surface area contributed by atoms with Crippen LogP contribution >= 0.6 is 0 Å². The van der Waals surface area contributed by atoms with Crippen LogP contribution in [0.2, 0.25) is 0 Å². The van der Waals surface area contributed by atoms with Crippen LogP contribution in [0, 0.1) is 35.3 Å². The molecule has 0 aliphatic heterocycles. The van der Waals surface area contributed by atoms with E-state index >= 15 is 0 Å². The molecule has 6 aromatic carbocycles. The molecule has 310 valence electrons. The summed E-state index contributed by atoms with van der Waals surface area (Å²) in [5, 5.41) is 2.27. The van der Waals surface area contributed by atoms with E-state index in [-0.39, 0.29) is 33.3 Å². The number of fused-ring (bicyclic) bond motifs is 4. The molecule has 8 rings (SSSR count). The molecule has 0 saturated heterocycles. The molecule has 0 nitrogen and oxygen atoms in total. The van der Waals surface area contributed by atoms with Gasteiger partial charge in [0.1, 0.15) is 11.6 Å². The van der Waals surface area contributed by atoms with E-state index < -0.39 is 0 Å². The molecule has 0 heterocycles. The Morgan fingerprint density at radius 1 is 0.339 bits per heavy atom. The number of allylic oxidation sites excluding steroid dienone is 6. The van der Waals surface area contributed by atoms with Crippen LogP contribution in [0.5, 0.6) is 0 Å². The molecular weight excluding hydrogens is 759 g/mol. The van der Waals surface area contributed by atoms with Gasteiger partial charge in [-0.05, 0) is 138 Å². The minimum absolute atomic E-state index is 0.136. The summed E-state index contributed by atoms with van der Waals surface area (Å²) in [6.07, 6.45) is 0. The summed E-state index contributed by atoms with van der Waals surface area (Å²) in [4.78, 5) is 0. The predicted molar refractivity (Wildman–Crippen MR) is 259 cm³/mol. The highest BCUT2D eigenvalue weighted by Gasteiger charge is 2.40. The molecule has 0 saturated carbocycles. The van der Waals surface area contributed by atoms with E-state index in [9.17, 15) is 8.78 Å². The molecule has 0 N–H and O–H groups in total. The zero-order valence-electron chi connectivity index (χ0n) is 38.3. The first kappa shape index (κ1) is 42.5. The molecule has 2 aliphatic rings. The Bertz CT molecular complexity index is 2950. The van der Waals surface area contributed by atoms with Crippen molar-refractivity contribution in [3.8, 4) is 23.7 Å². The molecule has 0 atom stereocenters. The van der Waals surface area contributed by atoms with Gasteiger partial charge in [0.05, 0.1) is 0 Å². The van der Waals surface area contributed by atoms with Crippen LogP contribution in [0.4, 0.5) is 8.78 Å². The predicted octanol–water partition coefficient (Wildman–Crippen LogP) is 15.6. The summed E-state index contributed by atoms with van der Waals surface area (Å²) in [5.41, 5.74) is 16.3. The average molecular weight is 815 g/mol. The van der Waals surface area contributed by atoms with Gasteiger partial charge in [-0.25, -0.2) is 8.78 Å². The Morgan fingerprint density at radius 2 is 0.710 bits per heavy atom. The molecule has 0 amide bonds. The highest BCUT2D eigenvalue weighted by Crippen LogP contribution is 2.59.